The summed E-state index contributed by atoms with van der Waals surface area (Å²) < 4.78 is 8.57. The van der Waals surface area contributed by atoms with E-state index in [1.165, 1.54) is 16.9 Å². The van der Waals surface area contributed by atoms with Crippen LogP contribution in [-0.2, 0) is 6.54 Å². The summed E-state index contributed by atoms with van der Waals surface area (Å²) in [7, 11) is 1.61. The van der Waals surface area contributed by atoms with Crippen molar-refractivity contribution in [3.05, 3.63) is 22.6 Å². The fourth-order valence-corrected chi connectivity index (χ4v) is 3.96. The standard InChI is InChI=1S/C11H10N2O2S2/c1-15-11-7-6(9(16-11)10(12)14)3-2-5-4-13-17-8(5)7/h2-3,13H,4H2,1H3,(H2,12,14). The van der Waals surface area contributed by atoms with Gasteiger partial charge in [0, 0.05) is 16.8 Å². The number of methoxy groups -OCH3 is 1. The lowest BCUT2D eigenvalue weighted by Gasteiger charge is -2.01. The highest BCUT2D eigenvalue weighted by Gasteiger charge is 2.23. The third-order valence-electron chi connectivity index (χ3n) is 2.73. The van der Waals surface area contributed by atoms with Gasteiger partial charge >= 0.3 is 0 Å². The molecular weight excluding hydrogens is 256 g/mol. The minimum absolute atomic E-state index is 0.404. The summed E-state index contributed by atoms with van der Waals surface area (Å²) in [5.74, 6) is -0.404. The number of nitrogens with one attached hydrogen (secondary N) is 1. The summed E-state index contributed by atoms with van der Waals surface area (Å²) in [4.78, 5) is 13.1. The number of hydrogen-bond donors (Lipinski definition) is 2. The van der Waals surface area contributed by atoms with Crippen molar-refractivity contribution >= 4 is 40.0 Å². The molecule has 1 aliphatic rings. The lowest BCUT2D eigenvalue weighted by molar-refractivity contribution is 0.101. The minimum atomic E-state index is -0.404. The van der Waals surface area contributed by atoms with Crippen molar-refractivity contribution in [2.24, 2.45) is 5.73 Å². The van der Waals surface area contributed by atoms with Crippen LogP contribution in [0.3, 0.4) is 0 Å². The van der Waals surface area contributed by atoms with Crippen LogP contribution < -0.4 is 15.2 Å². The van der Waals surface area contributed by atoms with Crippen LogP contribution in [0.5, 0.6) is 5.06 Å². The fraction of sp³-hybridized carbons (Fsp3) is 0.182. The van der Waals surface area contributed by atoms with Gasteiger partial charge in [-0.25, -0.2) is 0 Å². The van der Waals surface area contributed by atoms with Crippen LogP contribution in [-0.4, -0.2) is 13.0 Å². The van der Waals surface area contributed by atoms with Crippen LogP contribution >= 0.6 is 23.3 Å². The van der Waals surface area contributed by atoms with Gasteiger partial charge in [-0.1, -0.05) is 23.5 Å². The van der Waals surface area contributed by atoms with Crippen LogP contribution in [0.25, 0.3) is 10.8 Å². The first-order valence-corrected chi connectivity index (χ1v) is 6.67. The Bertz CT molecular complexity index is 621. The normalized spacial score (nSPS) is 13.9. The molecule has 1 amide bonds. The Morgan fingerprint density at radius 1 is 1.53 bits per heavy atom. The third kappa shape index (κ3) is 1.52. The number of benzene rings is 1. The number of amides is 1. The van der Waals surface area contributed by atoms with Crippen molar-refractivity contribution < 1.29 is 9.53 Å². The Labute approximate surface area is 106 Å². The molecule has 0 aliphatic carbocycles. The number of thiophene rings is 1. The van der Waals surface area contributed by atoms with E-state index < -0.39 is 5.91 Å². The van der Waals surface area contributed by atoms with E-state index in [1.54, 1.807) is 19.1 Å². The topological polar surface area (TPSA) is 64.3 Å². The van der Waals surface area contributed by atoms with Gasteiger partial charge in [-0.3, -0.25) is 9.52 Å². The number of primary amides is 1. The van der Waals surface area contributed by atoms with E-state index in [4.69, 9.17) is 10.5 Å². The van der Waals surface area contributed by atoms with Gasteiger partial charge in [-0.15, -0.1) is 0 Å². The second kappa shape index (κ2) is 3.90. The zero-order valence-corrected chi connectivity index (χ0v) is 10.7. The van der Waals surface area contributed by atoms with Gasteiger partial charge in [-0.05, 0) is 17.5 Å². The smallest absolute Gasteiger partial charge is 0.259 e. The molecule has 0 saturated heterocycles. The Hall–Kier alpha value is -1.24. The second-order valence-electron chi connectivity index (χ2n) is 3.69. The van der Waals surface area contributed by atoms with Crippen LogP contribution in [0, 0.1) is 0 Å². The average Bonchev–Trinajstić information content (AvgIpc) is 2.91. The van der Waals surface area contributed by atoms with Crippen LogP contribution in [0.4, 0.5) is 0 Å². The molecule has 0 unspecified atom stereocenters. The number of carbonyl (C=O) groups excluding carboxylic acids is 1. The first-order chi connectivity index (χ1) is 8.22. The number of hydrogen-bond acceptors (Lipinski definition) is 5. The predicted octanol–water partition coefficient (Wildman–Crippen LogP) is 2.12. The van der Waals surface area contributed by atoms with Gasteiger partial charge in [-0.2, -0.15) is 0 Å². The van der Waals surface area contributed by atoms with E-state index in [1.807, 2.05) is 12.1 Å². The first-order valence-electron chi connectivity index (χ1n) is 5.04. The summed E-state index contributed by atoms with van der Waals surface area (Å²) in [6, 6.07) is 3.98. The quantitative estimate of drug-likeness (QED) is 0.817. The molecular formula is C11H10N2O2S2. The summed E-state index contributed by atoms with van der Waals surface area (Å²) >= 11 is 2.89. The van der Waals surface area contributed by atoms with Crippen molar-refractivity contribution in [3.63, 3.8) is 0 Å². The number of ether oxygens (including phenoxy) is 1. The van der Waals surface area contributed by atoms with Crippen molar-refractivity contribution in [2.75, 3.05) is 7.11 Å². The highest BCUT2D eigenvalue weighted by Crippen LogP contribution is 2.45. The van der Waals surface area contributed by atoms with Gasteiger partial charge in [0.05, 0.1) is 12.5 Å². The molecule has 2 aromatic rings. The van der Waals surface area contributed by atoms with Gasteiger partial charge in [0.1, 0.15) is 4.88 Å². The molecule has 3 N–H and O–H groups in total. The van der Waals surface area contributed by atoms with Crippen molar-refractivity contribution in [1.29, 1.82) is 0 Å². The highest BCUT2D eigenvalue weighted by atomic mass is 32.2. The molecule has 1 aromatic carbocycles. The maximum absolute atomic E-state index is 11.4. The largest absolute Gasteiger partial charge is 0.487 e. The Morgan fingerprint density at radius 2 is 2.35 bits per heavy atom. The zero-order valence-electron chi connectivity index (χ0n) is 9.07. The molecule has 0 fully saturated rings. The van der Waals surface area contributed by atoms with Gasteiger partial charge < -0.3 is 10.5 Å². The second-order valence-corrected chi connectivity index (χ2v) is 5.57. The molecule has 0 radical (unpaired) electrons. The van der Waals surface area contributed by atoms with E-state index in [9.17, 15) is 4.79 Å². The highest BCUT2D eigenvalue weighted by molar-refractivity contribution is 7.98. The zero-order chi connectivity index (χ0) is 12.0. The molecule has 0 atom stereocenters. The molecule has 0 bridgehead atoms. The number of fused-ring (bicyclic) bond motifs is 3. The van der Waals surface area contributed by atoms with E-state index in [0.717, 1.165) is 27.3 Å². The molecule has 0 saturated carbocycles. The predicted molar refractivity (Wildman–Crippen MR) is 69.6 cm³/mol. The number of rotatable bonds is 2. The van der Waals surface area contributed by atoms with Crippen molar-refractivity contribution in [2.45, 2.75) is 11.4 Å². The van der Waals surface area contributed by atoms with Crippen molar-refractivity contribution in [1.82, 2.24) is 4.72 Å². The van der Waals surface area contributed by atoms with E-state index in [2.05, 4.69) is 4.72 Å². The fourth-order valence-electron chi connectivity index (χ4n) is 1.98. The molecule has 88 valence electrons. The lowest BCUT2D eigenvalue weighted by Crippen LogP contribution is -2.08. The SMILES string of the molecule is COc1sc(C(N)=O)c2ccc3c(c12)SNC3. The van der Waals surface area contributed by atoms with E-state index in [0.29, 0.717) is 4.88 Å². The summed E-state index contributed by atoms with van der Waals surface area (Å²) in [6.07, 6.45) is 0. The molecule has 1 aliphatic heterocycles. The molecule has 3 rings (SSSR count). The Balaban J connectivity index is 2.40. The van der Waals surface area contributed by atoms with Crippen LogP contribution in [0.2, 0.25) is 0 Å². The Kier molecular flexibility index (Phi) is 2.50. The molecule has 17 heavy (non-hydrogen) atoms. The van der Waals surface area contributed by atoms with Gasteiger partial charge in [0.2, 0.25) is 0 Å². The number of nitrogens with two attached hydrogens (primary N) is 1. The molecule has 2 heterocycles. The number of carbonyl (C=O) groups is 1. The third-order valence-corrected chi connectivity index (χ3v) is 4.87. The molecule has 6 heteroatoms. The maximum atomic E-state index is 11.4. The first kappa shape index (κ1) is 10.9. The summed E-state index contributed by atoms with van der Waals surface area (Å²) in [6.45, 7) is 0.834. The minimum Gasteiger partial charge on any atom is -0.487 e. The monoisotopic (exact) mass is 266 g/mol. The summed E-state index contributed by atoms with van der Waals surface area (Å²) in [5, 5.41) is 2.63. The molecule has 0 spiro atoms. The summed E-state index contributed by atoms with van der Waals surface area (Å²) in [5.41, 5.74) is 6.62. The van der Waals surface area contributed by atoms with Crippen molar-refractivity contribution in [3.8, 4) is 5.06 Å². The maximum Gasteiger partial charge on any atom is 0.259 e. The van der Waals surface area contributed by atoms with Gasteiger partial charge in [0.25, 0.3) is 5.91 Å². The average molecular weight is 266 g/mol. The van der Waals surface area contributed by atoms with E-state index in [-0.39, 0.29) is 0 Å². The van der Waals surface area contributed by atoms with Crippen LogP contribution in [0.15, 0.2) is 17.0 Å². The molecule has 4 nitrogen and oxygen atoms in total. The van der Waals surface area contributed by atoms with E-state index >= 15 is 0 Å². The van der Waals surface area contributed by atoms with Crippen LogP contribution in [0.1, 0.15) is 15.2 Å². The molecule has 1 aromatic heterocycles. The lowest BCUT2D eigenvalue weighted by atomic mass is 10.1. The Morgan fingerprint density at radius 3 is 3.06 bits per heavy atom. The van der Waals surface area contributed by atoms with Gasteiger partial charge in [0.15, 0.2) is 5.06 Å².